The number of halogens is 1. The van der Waals surface area contributed by atoms with Crippen molar-refractivity contribution in [3.05, 3.63) is 42.3 Å². The van der Waals surface area contributed by atoms with Gasteiger partial charge in [-0.2, -0.15) is 0 Å². The first-order valence-corrected chi connectivity index (χ1v) is 7.02. The van der Waals surface area contributed by atoms with Gasteiger partial charge in [-0.25, -0.2) is 14.2 Å². The number of pyridine rings is 1. The molecule has 1 aromatic carbocycles. The molecule has 0 unspecified atom stereocenters. The maximum atomic E-state index is 14.2. The number of rotatable bonds is 4. The number of aromatic nitrogens is 1. The Labute approximate surface area is 132 Å². The Kier molecular flexibility index (Phi) is 4.01. The fourth-order valence-corrected chi connectivity index (χ4v) is 2.34. The summed E-state index contributed by atoms with van der Waals surface area (Å²) in [7, 11) is 1.41. The Balaban J connectivity index is 1.70. The van der Waals surface area contributed by atoms with Crippen molar-refractivity contribution in [2.24, 2.45) is 0 Å². The second kappa shape index (κ2) is 6.12. The van der Waals surface area contributed by atoms with Crippen molar-refractivity contribution in [2.75, 3.05) is 20.2 Å². The van der Waals surface area contributed by atoms with Crippen LogP contribution in [-0.2, 0) is 0 Å². The summed E-state index contributed by atoms with van der Waals surface area (Å²) in [5.41, 5.74) is 0.999. The molecule has 3 rings (SSSR count). The lowest BCUT2D eigenvalue weighted by molar-refractivity contribution is 0.0228. The second-order valence-electron chi connectivity index (χ2n) is 5.13. The maximum absolute atomic E-state index is 14.2. The summed E-state index contributed by atoms with van der Waals surface area (Å²) < 4.78 is 24.7. The van der Waals surface area contributed by atoms with Gasteiger partial charge in [-0.1, -0.05) is 12.1 Å². The Morgan fingerprint density at radius 2 is 2.13 bits per heavy atom. The number of amides is 1. The Hall–Kier alpha value is -2.83. The van der Waals surface area contributed by atoms with Gasteiger partial charge in [0.1, 0.15) is 6.10 Å². The highest BCUT2D eigenvalue weighted by molar-refractivity contribution is 5.66. The number of carbonyl (C=O) groups is 1. The molecule has 0 saturated carbocycles. The third-order valence-electron chi connectivity index (χ3n) is 3.64. The van der Waals surface area contributed by atoms with E-state index >= 15 is 0 Å². The van der Waals surface area contributed by atoms with Gasteiger partial charge in [0.2, 0.25) is 5.88 Å². The van der Waals surface area contributed by atoms with E-state index in [0.29, 0.717) is 30.1 Å². The SMILES string of the molecule is COc1cccc(-c2ccc(OC3CN(C(=O)O)C3)nc2)c1F. The minimum atomic E-state index is -0.957. The van der Waals surface area contributed by atoms with Crippen LogP contribution in [0.2, 0.25) is 0 Å². The van der Waals surface area contributed by atoms with Crippen LogP contribution >= 0.6 is 0 Å². The van der Waals surface area contributed by atoms with Crippen molar-refractivity contribution in [1.82, 2.24) is 9.88 Å². The first kappa shape index (κ1) is 15.1. The zero-order valence-electron chi connectivity index (χ0n) is 12.4. The van der Waals surface area contributed by atoms with E-state index in [1.807, 2.05) is 0 Å². The zero-order chi connectivity index (χ0) is 16.4. The minimum Gasteiger partial charge on any atom is -0.494 e. The first-order valence-electron chi connectivity index (χ1n) is 7.02. The number of carboxylic acid groups (broad SMARTS) is 1. The van der Waals surface area contributed by atoms with E-state index in [4.69, 9.17) is 14.6 Å². The van der Waals surface area contributed by atoms with Crippen LogP contribution in [0.15, 0.2) is 36.5 Å². The monoisotopic (exact) mass is 318 g/mol. The molecule has 0 bridgehead atoms. The van der Waals surface area contributed by atoms with Crippen LogP contribution in [0.5, 0.6) is 11.6 Å². The third kappa shape index (κ3) is 3.03. The summed E-state index contributed by atoms with van der Waals surface area (Å²) in [6.07, 6.45) is 0.362. The van der Waals surface area contributed by atoms with Crippen molar-refractivity contribution in [3.63, 3.8) is 0 Å². The van der Waals surface area contributed by atoms with Crippen molar-refractivity contribution in [1.29, 1.82) is 0 Å². The van der Waals surface area contributed by atoms with E-state index in [2.05, 4.69) is 4.98 Å². The number of hydrogen-bond acceptors (Lipinski definition) is 4. The molecule has 1 aromatic heterocycles. The van der Waals surface area contributed by atoms with Gasteiger partial charge in [0, 0.05) is 23.4 Å². The molecule has 1 saturated heterocycles. The van der Waals surface area contributed by atoms with Crippen molar-refractivity contribution in [3.8, 4) is 22.8 Å². The normalized spacial score (nSPS) is 14.3. The number of methoxy groups -OCH3 is 1. The predicted molar refractivity (Wildman–Crippen MR) is 80.2 cm³/mol. The highest BCUT2D eigenvalue weighted by Gasteiger charge is 2.32. The van der Waals surface area contributed by atoms with Gasteiger partial charge in [0.15, 0.2) is 11.6 Å². The van der Waals surface area contributed by atoms with E-state index < -0.39 is 11.9 Å². The van der Waals surface area contributed by atoms with Crippen LogP contribution in [0.1, 0.15) is 0 Å². The number of likely N-dealkylation sites (tertiary alicyclic amines) is 1. The van der Waals surface area contributed by atoms with E-state index in [-0.39, 0.29) is 11.9 Å². The van der Waals surface area contributed by atoms with E-state index in [0.717, 1.165) is 0 Å². The van der Waals surface area contributed by atoms with Gasteiger partial charge in [-0.15, -0.1) is 0 Å². The molecule has 0 atom stereocenters. The van der Waals surface area contributed by atoms with Crippen LogP contribution in [0.25, 0.3) is 11.1 Å². The quantitative estimate of drug-likeness (QED) is 0.938. The van der Waals surface area contributed by atoms with Crippen molar-refractivity contribution in [2.45, 2.75) is 6.10 Å². The molecule has 2 heterocycles. The molecular formula is C16H15FN2O4. The zero-order valence-corrected chi connectivity index (χ0v) is 12.4. The smallest absolute Gasteiger partial charge is 0.407 e. The summed E-state index contributed by atoms with van der Waals surface area (Å²) >= 11 is 0. The summed E-state index contributed by atoms with van der Waals surface area (Å²) in [4.78, 5) is 16.1. The highest BCUT2D eigenvalue weighted by Crippen LogP contribution is 2.29. The summed E-state index contributed by atoms with van der Waals surface area (Å²) in [5.74, 6) is 0.111. The Morgan fingerprint density at radius 1 is 1.35 bits per heavy atom. The molecule has 1 aliphatic heterocycles. The molecule has 1 aliphatic rings. The lowest BCUT2D eigenvalue weighted by Gasteiger charge is -2.36. The van der Waals surface area contributed by atoms with Crippen LogP contribution in [0.4, 0.5) is 9.18 Å². The fraction of sp³-hybridized carbons (Fsp3) is 0.250. The van der Waals surface area contributed by atoms with Crippen molar-refractivity contribution < 1.29 is 23.8 Å². The van der Waals surface area contributed by atoms with E-state index in [9.17, 15) is 9.18 Å². The lowest BCUT2D eigenvalue weighted by Crippen LogP contribution is -2.55. The molecule has 23 heavy (non-hydrogen) atoms. The maximum Gasteiger partial charge on any atom is 0.407 e. The lowest BCUT2D eigenvalue weighted by atomic mass is 10.1. The average Bonchev–Trinajstić information content (AvgIpc) is 2.51. The largest absolute Gasteiger partial charge is 0.494 e. The van der Waals surface area contributed by atoms with Crippen LogP contribution in [0, 0.1) is 5.82 Å². The van der Waals surface area contributed by atoms with Gasteiger partial charge >= 0.3 is 6.09 Å². The number of nitrogens with zero attached hydrogens (tertiary/aromatic N) is 2. The molecule has 7 heteroatoms. The standard InChI is InChI=1S/C16H15FN2O4/c1-22-13-4-2-3-12(15(13)17)10-5-6-14(18-7-10)23-11-8-19(9-11)16(20)21/h2-7,11H,8-9H2,1H3,(H,20,21). The minimum absolute atomic E-state index is 0.172. The molecule has 0 aliphatic carbocycles. The molecule has 1 fully saturated rings. The third-order valence-corrected chi connectivity index (χ3v) is 3.64. The molecule has 1 N–H and O–H groups in total. The molecule has 1 amide bonds. The van der Waals surface area contributed by atoms with Gasteiger partial charge in [0.25, 0.3) is 0 Å². The fourth-order valence-electron chi connectivity index (χ4n) is 2.34. The molecular weight excluding hydrogens is 303 g/mol. The molecule has 2 aromatic rings. The summed E-state index contributed by atoms with van der Waals surface area (Å²) in [5, 5.41) is 8.76. The molecule has 0 radical (unpaired) electrons. The topological polar surface area (TPSA) is 71.9 Å². The summed E-state index contributed by atoms with van der Waals surface area (Å²) in [6, 6.07) is 8.24. The van der Waals surface area contributed by atoms with Crippen LogP contribution < -0.4 is 9.47 Å². The van der Waals surface area contributed by atoms with Gasteiger partial charge < -0.3 is 19.5 Å². The summed E-state index contributed by atoms with van der Waals surface area (Å²) in [6.45, 7) is 0.645. The van der Waals surface area contributed by atoms with Gasteiger partial charge in [-0.3, -0.25) is 0 Å². The number of hydrogen-bond donors (Lipinski definition) is 1. The van der Waals surface area contributed by atoms with E-state index in [1.54, 1.807) is 30.3 Å². The number of benzene rings is 1. The molecule has 6 nitrogen and oxygen atoms in total. The Bertz CT molecular complexity index is 715. The van der Waals surface area contributed by atoms with Gasteiger partial charge in [0.05, 0.1) is 20.2 Å². The first-order chi connectivity index (χ1) is 11.1. The second-order valence-corrected chi connectivity index (χ2v) is 5.13. The average molecular weight is 318 g/mol. The molecule has 120 valence electrons. The highest BCUT2D eigenvalue weighted by atomic mass is 19.1. The molecule has 0 spiro atoms. The predicted octanol–water partition coefficient (Wildman–Crippen LogP) is 2.64. The van der Waals surface area contributed by atoms with E-state index in [1.165, 1.54) is 18.2 Å². The van der Waals surface area contributed by atoms with Crippen molar-refractivity contribution >= 4 is 6.09 Å². The van der Waals surface area contributed by atoms with Gasteiger partial charge in [-0.05, 0) is 12.1 Å². The Morgan fingerprint density at radius 3 is 2.74 bits per heavy atom. The van der Waals surface area contributed by atoms with Crippen LogP contribution in [-0.4, -0.2) is 47.4 Å². The van der Waals surface area contributed by atoms with Crippen LogP contribution in [0.3, 0.4) is 0 Å². The number of ether oxygens (including phenoxy) is 2.